The third-order valence-electron chi connectivity index (χ3n) is 2.99. The molecule has 126 valence electrons. The van der Waals surface area contributed by atoms with Gasteiger partial charge < -0.3 is 10.2 Å². The first-order valence-electron chi connectivity index (χ1n) is 8.73. The molecule has 3 heteroatoms. The van der Waals surface area contributed by atoms with Crippen molar-refractivity contribution in [2.75, 3.05) is 26.2 Å². The lowest BCUT2D eigenvalue weighted by molar-refractivity contribution is 0.0735. The molecule has 0 unspecified atom stereocenters. The van der Waals surface area contributed by atoms with Crippen LogP contribution in [0.1, 0.15) is 63.4 Å². The van der Waals surface area contributed by atoms with Crippen molar-refractivity contribution in [1.82, 2.24) is 10.2 Å². The van der Waals surface area contributed by atoms with Gasteiger partial charge in [0.05, 0.1) is 0 Å². The molecule has 0 atom stereocenters. The van der Waals surface area contributed by atoms with Gasteiger partial charge in [0.1, 0.15) is 0 Å². The first-order valence-corrected chi connectivity index (χ1v) is 8.73. The highest BCUT2D eigenvalue weighted by atomic mass is 16.2. The zero-order valence-corrected chi connectivity index (χ0v) is 15.1. The van der Waals surface area contributed by atoms with Crippen LogP contribution in [-0.4, -0.2) is 37.0 Å². The van der Waals surface area contributed by atoms with E-state index in [1.165, 1.54) is 18.4 Å². The van der Waals surface area contributed by atoms with Gasteiger partial charge in [0.2, 0.25) is 0 Å². The number of piperazine rings is 1. The SMILES string of the molecule is CCC.CCC.CCc1cccc(C(=O)N2CCNCC2)c1. The second-order valence-corrected chi connectivity index (χ2v) is 5.51. The minimum Gasteiger partial charge on any atom is -0.336 e. The van der Waals surface area contributed by atoms with Gasteiger partial charge in [-0.25, -0.2) is 0 Å². The number of nitrogens with one attached hydrogen (secondary N) is 1. The fourth-order valence-corrected chi connectivity index (χ4v) is 1.97. The molecule has 1 aromatic rings. The summed E-state index contributed by atoms with van der Waals surface area (Å²) in [5, 5.41) is 3.25. The minimum atomic E-state index is 0.164. The Kier molecular flexibility index (Phi) is 12.5. The summed E-state index contributed by atoms with van der Waals surface area (Å²) in [5.74, 6) is 0.164. The molecule has 0 radical (unpaired) electrons. The molecule has 1 N–H and O–H groups in total. The van der Waals surface area contributed by atoms with E-state index >= 15 is 0 Å². The number of benzene rings is 1. The summed E-state index contributed by atoms with van der Waals surface area (Å²) in [6, 6.07) is 7.94. The molecule has 2 rings (SSSR count). The Morgan fingerprint density at radius 1 is 1.05 bits per heavy atom. The number of rotatable bonds is 2. The van der Waals surface area contributed by atoms with Crippen LogP contribution >= 0.6 is 0 Å². The fourth-order valence-electron chi connectivity index (χ4n) is 1.97. The van der Waals surface area contributed by atoms with Crippen LogP contribution in [0.2, 0.25) is 0 Å². The van der Waals surface area contributed by atoms with Crippen molar-refractivity contribution in [3.05, 3.63) is 35.4 Å². The molecule has 0 aromatic heterocycles. The summed E-state index contributed by atoms with van der Waals surface area (Å²) in [7, 11) is 0. The zero-order valence-electron chi connectivity index (χ0n) is 15.1. The number of amides is 1. The molecule has 1 aromatic carbocycles. The molecule has 1 aliphatic rings. The van der Waals surface area contributed by atoms with Crippen molar-refractivity contribution >= 4 is 5.91 Å². The first-order chi connectivity index (χ1) is 10.6. The van der Waals surface area contributed by atoms with Crippen LogP contribution in [0.15, 0.2) is 24.3 Å². The Labute approximate surface area is 137 Å². The van der Waals surface area contributed by atoms with Crippen LogP contribution in [0.5, 0.6) is 0 Å². The van der Waals surface area contributed by atoms with Gasteiger partial charge in [-0.3, -0.25) is 4.79 Å². The molecular weight excluding hydrogens is 272 g/mol. The molecule has 1 fully saturated rings. The average molecular weight is 306 g/mol. The number of hydrogen-bond donors (Lipinski definition) is 1. The smallest absolute Gasteiger partial charge is 0.253 e. The van der Waals surface area contributed by atoms with Crippen molar-refractivity contribution in [3.8, 4) is 0 Å². The number of aryl methyl sites for hydroxylation is 1. The predicted molar refractivity (Wildman–Crippen MR) is 96.5 cm³/mol. The van der Waals surface area contributed by atoms with E-state index in [9.17, 15) is 4.79 Å². The topological polar surface area (TPSA) is 32.3 Å². The normalized spacial score (nSPS) is 13.4. The zero-order chi connectivity index (χ0) is 16.8. The average Bonchev–Trinajstić information content (AvgIpc) is 2.56. The maximum absolute atomic E-state index is 12.2. The molecule has 0 saturated carbocycles. The molecule has 0 bridgehead atoms. The molecule has 0 spiro atoms. The van der Waals surface area contributed by atoms with Gasteiger partial charge in [0, 0.05) is 31.7 Å². The van der Waals surface area contributed by atoms with Crippen LogP contribution in [0.25, 0.3) is 0 Å². The summed E-state index contributed by atoms with van der Waals surface area (Å²) in [4.78, 5) is 14.1. The molecule has 1 aliphatic heterocycles. The van der Waals surface area contributed by atoms with E-state index < -0.39 is 0 Å². The van der Waals surface area contributed by atoms with E-state index in [4.69, 9.17) is 0 Å². The molecule has 0 aliphatic carbocycles. The molecule has 1 amide bonds. The number of carbonyl (C=O) groups excluding carboxylic acids is 1. The highest BCUT2D eigenvalue weighted by molar-refractivity contribution is 5.94. The Bertz CT molecular complexity index is 396. The number of hydrogen-bond acceptors (Lipinski definition) is 2. The lowest BCUT2D eigenvalue weighted by atomic mass is 10.1. The number of nitrogens with zero attached hydrogens (tertiary/aromatic N) is 1. The Morgan fingerprint density at radius 3 is 2.09 bits per heavy atom. The minimum absolute atomic E-state index is 0.164. The standard InChI is InChI=1S/C13H18N2O.2C3H8/c1-2-11-4-3-5-12(10-11)13(16)15-8-6-14-7-9-15;2*1-3-2/h3-5,10,14H,2,6-9H2,1H3;2*3H2,1-2H3. The van der Waals surface area contributed by atoms with Crippen molar-refractivity contribution in [2.24, 2.45) is 0 Å². The monoisotopic (exact) mass is 306 g/mol. The number of carbonyl (C=O) groups is 1. The van der Waals surface area contributed by atoms with Crippen LogP contribution in [-0.2, 0) is 6.42 Å². The second kappa shape index (κ2) is 13.3. The molecule has 1 saturated heterocycles. The van der Waals surface area contributed by atoms with E-state index in [1.807, 2.05) is 23.1 Å². The highest BCUT2D eigenvalue weighted by Crippen LogP contribution is 2.09. The van der Waals surface area contributed by atoms with Gasteiger partial charge in [-0.15, -0.1) is 0 Å². The summed E-state index contributed by atoms with van der Waals surface area (Å²) in [6.07, 6.45) is 3.47. The molecule has 3 nitrogen and oxygen atoms in total. The summed E-state index contributed by atoms with van der Waals surface area (Å²) in [6.45, 7) is 14.0. The van der Waals surface area contributed by atoms with Gasteiger partial charge >= 0.3 is 0 Å². The van der Waals surface area contributed by atoms with Crippen LogP contribution in [0.3, 0.4) is 0 Å². The van der Waals surface area contributed by atoms with Gasteiger partial charge in [0.15, 0.2) is 0 Å². The van der Waals surface area contributed by atoms with Gasteiger partial charge in [-0.1, -0.05) is 59.6 Å². The van der Waals surface area contributed by atoms with Crippen LogP contribution in [0, 0.1) is 0 Å². The van der Waals surface area contributed by atoms with Gasteiger partial charge in [0.25, 0.3) is 5.91 Å². The van der Waals surface area contributed by atoms with Gasteiger partial charge in [-0.2, -0.15) is 0 Å². The Balaban J connectivity index is 0.000000639. The second-order valence-electron chi connectivity index (χ2n) is 5.51. The Morgan fingerprint density at radius 2 is 1.59 bits per heavy atom. The van der Waals surface area contributed by atoms with E-state index in [1.54, 1.807) is 0 Å². The fraction of sp³-hybridized carbons (Fsp3) is 0.632. The van der Waals surface area contributed by atoms with E-state index in [0.717, 1.165) is 38.2 Å². The van der Waals surface area contributed by atoms with E-state index in [0.29, 0.717) is 0 Å². The van der Waals surface area contributed by atoms with Crippen molar-refractivity contribution in [1.29, 1.82) is 0 Å². The predicted octanol–water partition coefficient (Wildman–Crippen LogP) is 4.13. The largest absolute Gasteiger partial charge is 0.336 e. The van der Waals surface area contributed by atoms with Crippen molar-refractivity contribution in [2.45, 2.75) is 53.9 Å². The Hall–Kier alpha value is -1.35. The summed E-state index contributed by atoms with van der Waals surface area (Å²) >= 11 is 0. The third-order valence-corrected chi connectivity index (χ3v) is 2.99. The quantitative estimate of drug-likeness (QED) is 0.891. The van der Waals surface area contributed by atoms with Crippen LogP contribution < -0.4 is 5.32 Å². The van der Waals surface area contributed by atoms with E-state index in [2.05, 4.69) is 46.0 Å². The molecule has 22 heavy (non-hydrogen) atoms. The lowest BCUT2D eigenvalue weighted by Crippen LogP contribution is -2.46. The molecule has 1 heterocycles. The first kappa shape index (κ1) is 20.6. The summed E-state index contributed by atoms with van der Waals surface area (Å²) < 4.78 is 0. The van der Waals surface area contributed by atoms with Crippen LogP contribution in [0.4, 0.5) is 0 Å². The van der Waals surface area contributed by atoms with Crippen molar-refractivity contribution < 1.29 is 4.79 Å². The molecular formula is C19H34N2O. The van der Waals surface area contributed by atoms with Crippen molar-refractivity contribution in [3.63, 3.8) is 0 Å². The lowest BCUT2D eigenvalue weighted by Gasteiger charge is -2.27. The maximum Gasteiger partial charge on any atom is 0.253 e. The highest BCUT2D eigenvalue weighted by Gasteiger charge is 2.17. The maximum atomic E-state index is 12.2. The van der Waals surface area contributed by atoms with Gasteiger partial charge in [-0.05, 0) is 24.1 Å². The van der Waals surface area contributed by atoms with E-state index in [-0.39, 0.29) is 5.91 Å². The summed E-state index contributed by atoms with van der Waals surface area (Å²) in [5.41, 5.74) is 2.04. The third kappa shape index (κ3) is 8.18.